The summed E-state index contributed by atoms with van der Waals surface area (Å²) in [6.07, 6.45) is 1.04. The molecule has 0 heterocycles. The summed E-state index contributed by atoms with van der Waals surface area (Å²) in [5.41, 5.74) is 1.18. The molecule has 0 spiro atoms. The highest BCUT2D eigenvalue weighted by Gasteiger charge is 2.11. The molecule has 0 aliphatic heterocycles. The minimum atomic E-state index is -3.23. The molecule has 0 fully saturated rings. The second kappa shape index (κ2) is 4.02. The van der Waals surface area contributed by atoms with Crippen molar-refractivity contribution >= 4 is 15.8 Å². The Morgan fingerprint density at radius 3 is 2.40 bits per heavy atom. The lowest BCUT2D eigenvalue weighted by Gasteiger charge is -2.05. The molecule has 0 saturated carbocycles. The normalized spacial score (nSPS) is 11.3. The Labute approximate surface area is 88.5 Å². The number of hydrogen-bond acceptors (Lipinski definition) is 3. The van der Waals surface area contributed by atoms with E-state index in [1.807, 2.05) is 0 Å². The summed E-state index contributed by atoms with van der Waals surface area (Å²) in [6.45, 7) is 1.65. The van der Waals surface area contributed by atoms with E-state index in [-0.39, 0.29) is 11.3 Å². The van der Waals surface area contributed by atoms with E-state index in [1.54, 1.807) is 13.0 Å². The quantitative estimate of drug-likeness (QED) is 0.838. The number of aryl methyl sites for hydroxylation is 1. The molecule has 0 aliphatic rings. The Morgan fingerprint density at radius 2 is 2.00 bits per heavy atom. The maximum atomic E-state index is 11.3. The molecule has 0 aromatic heterocycles. The van der Waals surface area contributed by atoms with Gasteiger partial charge in [-0.1, -0.05) is 12.1 Å². The molecular formula is C10H12O4S. The predicted molar refractivity (Wildman–Crippen MR) is 55.6 cm³/mol. The fourth-order valence-corrected chi connectivity index (χ4v) is 2.37. The van der Waals surface area contributed by atoms with Gasteiger partial charge in [-0.15, -0.1) is 0 Å². The molecular weight excluding hydrogens is 216 g/mol. The van der Waals surface area contributed by atoms with E-state index in [0.29, 0.717) is 11.1 Å². The van der Waals surface area contributed by atoms with E-state index in [1.165, 1.54) is 12.1 Å². The maximum Gasteiger partial charge on any atom is 0.307 e. The van der Waals surface area contributed by atoms with Crippen LogP contribution in [0.2, 0.25) is 0 Å². The molecule has 0 unspecified atom stereocenters. The minimum Gasteiger partial charge on any atom is -0.481 e. The Kier molecular flexibility index (Phi) is 3.14. The smallest absolute Gasteiger partial charge is 0.307 e. The highest BCUT2D eigenvalue weighted by molar-refractivity contribution is 7.90. The molecule has 0 atom stereocenters. The van der Waals surface area contributed by atoms with Crippen molar-refractivity contribution in [3.05, 3.63) is 29.3 Å². The van der Waals surface area contributed by atoms with E-state index in [0.717, 1.165) is 6.26 Å². The first-order valence-electron chi connectivity index (χ1n) is 4.32. The standard InChI is InChI=1S/C10H12O4S/c1-7-5-8(6-10(11)12)3-4-9(7)15(2,13)14/h3-5H,6H2,1-2H3,(H,11,12). The number of carboxylic acids is 1. The fraction of sp³-hybridized carbons (Fsp3) is 0.300. The van der Waals surface area contributed by atoms with E-state index in [2.05, 4.69) is 0 Å². The van der Waals surface area contributed by atoms with Gasteiger partial charge in [0.25, 0.3) is 0 Å². The van der Waals surface area contributed by atoms with Crippen LogP contribution in [0, 0.1) is 6.92 Å². The lowest BCUT2D eigenvalue weighted by Crippen LogP contribution is -2.03. The van der Waals surface area contributed by atoms with Crippen LogP contribution in [0.1, 0.15) is 11.1 Å². The van der Waals surface area contributed by atoms with Crippen molar-refractivity contribution in [2.45, 2.75) is 18.2 Å². The van der Waals surface area contributed by atoms with Gasteiger partial charge < -0.3 is 5.11 Å². The Hall–Kier alpha value is -1.36. The number of aliphatic carboxylic acids is 1. The number of sulfone groups is 1. The SMILES string of the molecule is Cc1cc(CC(=O)O)ccc1S(C)(=O)=O. The van der Waals surface area contributed by atoms with Crippen molar-refractivity contribution in [3.8, 4) is 0 Å². The highest BCUT2D eigenvalue weighted by Crippen LogP contribution is 2.16. The van der Waals surface area contributed by atoms with Gasteiger partial charge in [-0.3, -0.25) is 4.79 Å². The van der Waals surface area contributed by atoms with Gasteiger partial charge in [0, 0.05) is 6.26 Å². The van der Waals surface area contributed by atoms with Crippen LogP contribution in [0.25, 0.3) is 0 Å². The van der Waals surface area contributed by atoms with Gasteiger partial charge in [0.2, 0.25) is 0 Å². The molecule has 0 radical (unpaired) electrons. The van der Waals surface area contributed by atoms with E-state index < -0.39 is 15.8 Å². The Bertz CT molecular complexity index is 488. The van der Waals surface area contributed by atoms with E-state index in [4.69, 9.17) is 5.11 Å². The lowest BCUT2D eigenvalue weighted by molar-refractivity contribution is -0.136. The zero-order valence-electron chi connectivity index (χ0n) is 8.52. The van der Waals surface area contributed by atoms with Gasteiger partial charge in [-0.05, 0) is 24.1 Å². The summed E-state index contributed by atoms with van der Waals surface area (Å²) in [6, 6.07) is 4.56. The first-order valence-corrected chi connectivity index (χ1v) is 6.21. The molecule has 82 valence electrons. The van der Waals surface area contributed by atoms with Crippen molar-refractivity contribution in [2.75, 3.05) is 6.26 Å². The van der Waals surface area contributed by atoms with Gasteiger partial charge >= 0.3 is 5.97 Å². The third kappa shape index (κ3) is 3.06. The molecule has 0 saturated heterocycles. The first kappa shape index (κ1) is 11.7. The molecule has 4 nitrogen and oxygen atoms in total. The summed E-state index contributed by atoms with van der Waals surface area (Å²) in [5.74, 6) is -0.929. The van der Waals surface area contributed by atoms with Gasteiger partial charge in [-0.25, -0.2) is 8.42 Å². The summed E-state index contributed by atoms with van der Waals surface area (Å²) in [5, 5.41) is 8.57. The first-order chi connectivity index (χ1) is 6.80. The predicted octanol–water partition coefficient (Wildman–Crippen LogP) is 1.03. The molecule has 0 bridgehead atoms. The third-order valence-electron chi connectivity index (χ3n) is 1.99. The van der Waals surface area contributed by atoms with Crippen LogP contribution in [0.15, 0.2) is 23.1 Å². The van der Waals surface area contributed by atoms with Crippen LogP contribution >= 0.6 is 0 Å². The molecule has 1 rings (SSSR count). The topological polar surface area (TPSA) is 71.4 Å². The van der Waals surface area contributed by atoms with Gasteiger partial charge in [0.15, 0.2) is 9.84 Å². The molecule has 5 heteroatoms. The van der Waals surface area contributed by atoms with Gasteiger partial charge in [-0.2, -0.15) is 0 Å². The summed E-state index contributed by atoms with van der Waals surface area (Å²) in [7, 11) is -3.23. The van der Waals surface area contributed by atoms with Crippen LogP contribution in [-0.2, 0) is 21.1 Å². The molecule has 0 amide bonds. The average Bonchev–Trinajstić information content (AvgIpc) is 1.99. The number of benzene rings is 1. The lowest BCUT2D eigenvalue weighted by atomic mass is 10.1. The number of carbonyl (C=O) groups is 1. The number of hydrogen-bond donors (Lipinski definition) is 1. The fourth-order valence-electron chi connectivity index (χ4n) is 1.41. The van der Waals surface area contributed by atoms with Crippen molar-refractivity contribution in [2.24, 2.45) is 0 Å². The monoisotopic (exact) mass is 228 g/mol. The molecule has 0 aliphatic carbocycles. The van der Waals surface area contributed by atoms with Crippen LogP contribution in [0.4, 0.5) is 0 Å². The van der Waals surface area contributed by atoms with Crippen molar-refractivity contribution in [1.82, 2.24) is 0 Å². The zero-order valence-corrected chi connectivity index (χ0v) is 9.34. The van der Waals surface area contributed by atoms with Crippen LogP contribution in [-0.4, -0.2) is 25.7 Å². The second-order valence-corrected chi connectivity index (χ2v) is 5.43. The average molecular weight is 228 g/mol. The van der Waals surface area contributed by atoms with E-state index >= 15 is 0 Å². The van der Waals surface area contributed by atoms with Gasteiger partial charge in [0.1, 0.15) is 0 Å². The summed E-state index contributed by atoms with van der Waals surface area (Å²) in [4.78, 5) is 10.7. The molecule has 1 aromatic carbocycles. The largest absolute Gasteiger partial charge is 0.481 e. The van der Waals surface area contributed by atoms with Crippen molar-refractivity contribution in [3.63, 3.8) is 0 Å². The van der Waals surface area contributed by atoms with E-state index in [9.17, 15) is 13.2 Å². The molecule has 15 heavy (non-hydrogen) atoms. The maximum absolute atomic E-state index is 11.3. The summed E-state index contributed by atoms with van der Waals surface area (Å²) >= 11 is 0. The number of carboxylic acid groups (broad SMARTS) is 1. The van der Waals surface area contributed by atoms with Crippen molar-refractivity contribution in [1.29, 1.82) is 0 Å². The second-order valence-electron chi connectivity index (χ2n) is 3.44. The van der Waals surface area contributed by atoms with Crippen LogP contribution in [0.3, 0.4) is 0 Å². The third-order valence-corrected chi connectivity index (χ3v) is 3.25. The van der Waals surface area contributed by atoms with Gasteiger partial charge in [0.05, 0.1) is 11.3 Å². The minimum absolute atomic E-state index is 0.0924. The molecule has 1 aromatic rings. The highest BCUT2D eigenvalue weighted by atomic mass is 32.2. The summed E-state index contributed by atoms with van der Waals surface area (Å²) < 4.78 is 22.5. The number of rotatable bonds is 3. The van der Waals surface area contributed by atoms with Crippen LogP contribution in [0.5, 0.6) is 0 Å². The zero-order chi connectivity index (χ0) is 11.6. The Morgan fingerprint density at radius 1 is 1.40 bits per heavy atom. The Balaban J connectivity index is 3.15. The molecule has 1 N–H and O–H groups in total. The van der Waals surface area contributed by atoms with Crippen LogP contribution < -0.4 is 0 Å². The van der Waals surface area contributed by atoms with Crippen molar-refractivity contribution < 1.29 is 18.3 Å².